The summed E-state index contributed by atoms with van der Waals surface area (Å²) < 4.78 is 12.8. The van der Waals surface area contributed by atoms with Gasteiger partial charge in [0.05, 0.1) is 6.10 Å². The highest BCUT2D eigenvalue weighted by Gasteiger charge is 2.09. The third-order valence-corrected chi connectivity index (χ3v) is 3.29. The molecule has 0 saturated carbocycles. The number of rotatable bonds is 6. The van der Waals surface area contributed by atoms with Crippen LogP contribution in [0.15, 0.2) is 42.6 Å². The average molecular weight is 346 g/mol. The topological polar surface area (TPSA) is 103 Å². The van der Waals surface area contributed by atoms with Crippen molar-refractivity contribution in [2.45, 2.75) is 19.6 Å². The highest BCUT2D eigenvalue weighted by Crippen LogP contribution is 2.12. The number of carbonyl (C=O) groups excluding carboxylic acids is 2. The molecule has 3 amide bonds. The Kier molecular flexibility index (Phi) is 6.41. The molecule has 8 heteroatoms. The monoisotopic (exact) mass is 346 g/mol. The first-order chi connectivity index (χ1) is 11.9. The van der Waals surface area contributed by atoms with E-state index in [1.54, 1.807) is 18.3 Å². The second-order valence-corrected chi connectivity index (χ2v) is 5.36. The fourth-order valence-corrected chi connectivity index (χ4v) is 2.02. The zero-order valence-electron chi connectivity index (χ0n) is 13.6. The Hall–Kier alpha value is -3.00. The van der Waals surface area contributed by atoms with Crippen molar-refractivity contribution in [3.8, 4) is 0 Å². The van der Waals surface area contributed by atoms with Gasteiger partial charge in [-0.1, -0.05) is 18.2 Å². The summed E-state index contributed by atoms with van der Waals surface area (Å²) in [6.07, 6.45) is 0.615. The number of halogens is 1. The van der Waals surface area contributed by atoms with Crippen molar-refractivity contribution >= 4 is 17.8 Å². The van der Waals surface area contributed by atoms with Crippen LogP contribution in [-0.2, 0) is 11.3 Å². The molecule has 0 saturated heterocycles. The number of hydrogen-bond acceptors (Lipinski definition) is 4. The summed E-state index contributed by atoms with van der Waals surface area (Å²) in [4.78, 5) is 26.7. The van der Waals surface area contributed by atoms with Crippen molar-refractivity contribution < 1.29 is 19.1 Å². The SMILES string of the molecule is CC(=O)Nc1ccc(CNC(=O)NCC(O)c2ccc(F)cc2)cn1. The Balaban J connectivity index is 1.74. The summed E-state index contributed by atoms with van der Waals surface area (Å²) in [7, 11) is 0. The van der Waals surface area contributed by atoms with Gasteiger partial charge in [-0.25, -0.2) is 14.2 Å². The number of benzene rings is 1. The number of nitrogens with zero attached hydrogens (tertiary/aromatic N) is 1. The smallest absolute Gasteiger partial charge is 0.315 e. The molecular formula is C17H19FN4O3. The molecule has 132 valence electrons. The van der Waals surface area contributed by atoms with Crippen LogP contribution in [0.3, 0.4) is 0 Å². The molecule has 0 aliphatic rings. The van der Waals surface area contributed by atoms with Gasteiger partial charge in [0.2, 0.25) is 5.91 Å². The summed E-state index contributed by atoms with van der Waals surface area (Å²) in [5.74, 6) is -0.166. The lowest BCUT2D eigenvalue weighted by molar-refractivity contribution is -0.114. The number of carbonyl (C=O) groups is 2. The molecule has 2 aromatic rings. The fourth-order valence-electron chi connectivity index (χ4n) is 2.02. The van der Waals surface area contributed by atoms with Gasteiger partial charge in [-0.3, -0.25) is 4.79 Å². The molecule has 2 rings (SSSR count). The van der Waals surface area contributed by atoms with Gasteiger partial charge >= 0.3 is 6.03 Å². The van der Waals surface area contributed by atoms with Gasteiger partial charge in [0.15, 0.2) is 0 Å². The largest absolute Gasteiger partial charge is 0.387 e. The maximum absolute atomic E-state index is 12.8. The summed E-state index contributed by atoms with van der Waals surface area (Å²) in [5.41, 5.74) is 1.27. The number of pyridine rings is 1. The number of nitrogens with one attached hydrogen (secondary N) is 3. The third-order valence-electron chi connectivity index (χ3n) is 3.29. The van der Waals surface area contributed by atoms with Crippen LogP contribution in [0.2, 0.25) is 0 Å². The zero-order chi connectivity index (χ0) is 18.2. The fraction of sp³-hybridized carbons (Fsp3) is 0.235. The lowest BCUT2D eigenvalue weighted by atomic mass is 10.1. The van der Waals surface area contributed by atoms with E-state index in [-0.39, 0.29) is 24.8 Å². The van der Waals surface area contributed by atoms with E-state index in [4.69, 9.17) is 0 Å². The van der Waals surface area contributed by atoms with Crippen LogP contribution < -0.4 is 16.0 Å². The Labute approximate surface area is 144 Å². The maximum atomic E-state index is 12.8. The van der Waals surface area contributed by atoms with E-state index < -0.39 is 12.1 Å². The molecule has 1 aromatic carbocycles. The van der Waals surface area contributed by atoms with Crippen molar-refractivity contribution in [2.24, 2.45) is 0 Å². The van der Waals surface area contributed by atoms with Crippen molar-refractivity contribution in [1.29, 1.82) is 0 Å². The number of urea groups is 1. The van der Waals surface area contributed by atoms with Crippen LogP contribution in [0, 0.1) is 5.82 Å². The third kappa shape index (κ3) is 6.19. The molecule has 1 unspecified atom stereocenters. The van der Waals surface area contributed by atoms with Gasteiger partial charge in [-0.15, -0.1) is 0 Å². The Bertz CT molecular complexity index is 720. The first-order valence-electron chi connectivity index (χ1n) is 7.62. The van der Waals surface area contributed by atoms with Gasteiger partial charge < -0.3 is 21.1 Å². The van der Waals surface area contributed by atoms with E-state index in [0.29, 0.717) is 11.4 Å². The molecular weight excluding hydrogens is 327 g/mol. The van der Waals surface area contributed by atoms with Crippen LogP contribution in [0.5, 0.6) is 0 Å². The Morgan fingerprint density at radius 2 is 1.88 bits per heavy atom. The molecule has 0 aliphatic heterocycles. The molecule has 0 fully saturated rings. The molecule has 7 nitrogen and oxygen atoms in total. The van der Waals surface area contributed by atoms with Gasteiger partial charge in [0, 0.05) is 26.2 Å². The maximum Gasteiger partial charge on any atom is 0.315 e. The molecule has 25 heavy (non-hydrogen) atoms. The van der Waals surface area contributed by atoms with E-state index in [2.05, 4.69) is 20.9 Å². The molecule has 1 aromatic heterocycles. The molecule has 0 radical (unpaired) electrons. The molecule has 0 spiro atoms. The van der Waals surface area contributed by atoms with Gasteiger partial charge in [-0.2, -0.15) is 0 Å². The summed E-state index contributed by atoms with van der Waals surface area (Å²) >= 11 is 0. The van der Waals surface area contributed by atoms with Gasteiger partial charge in [-0.05, 0) is 29.3 Å². The first kappa shape index (κ1) is 18.3. The predicted octanol–water partition coefficient (Wildman–Crippen LogP) is 1.71. The van der Waals surface area contributed by atoms with Crippen LogP contribution >= 0.6 is 0 Å². The number of aliphatic hydroxyl groups excluding tert-OH is 1. The Morgan fingerprint density at radius 1 is 1.16 bits per heavy atom. The quantitative estimate of drug-likeness (QED) is 0.639. The number of aromatic nitrogens is 1. The van der Waals surface area contributed by atoms with E-state index in [0.717, 1.165) is 5.56 Å². The van der Waals surface area contributed by atoms with Crippen molar-refractivity contribution in [3.63, 3.8) is 0 Å². The minimum Gasteiger partial charge on any atom is -0.387 e. The van der Waals surface area contributed by atoms with Crippen LogP contribution in [-0.4, -0.2) is 28.6 Å². The summed E-state index contributed by atoms with van der Waals surface area (Å²) in [6, 6.07) is 8.32. The second kappa shape index (κ2) is 8.74. The molecule has 0 bridgehead atoms. The standard InChI is InChI=1S/C17H19FN4O3/c1-11(23)22-16-7-2-12(8-19-16)9-20-17(25)21-10-15(24)13-3-5-14(18)6-4-13/h2-8,15,24H,9-10H2,1H3,(H,19,22,23)(H2,20,21,25). The van der Waals surface area contributed by atoms with Crippen LogP contribution in [0.25, 0.3) is 0 Å². The molecule has 0 aliphatic carbocycles. The number of aliphatic hydroxyl groups is 1. The molecule has 1 heterocycles. The second-order valence-electron chi connectivity index (χ2n) is 5.36. The highest BCUT2D eigenvalue weighted by molar-refractivity contribution is 5.87. The van der Waals surface area contributed by atoms with Crippen molar-refractivity contribution in [3.05, 3.63) is 59.5 Å². The first-order valence-corrected chi connectivity index (χ1v) is 7.62. The lowest BCUT2D eigenvalue weighted by Crippen LogP contribution is -2.37. The number of amides is 3. The van der Waals surface area contributed by atoms with Crippen LogP contribution in [0.1, 0.15) is 24.2 Å². The van der Waals surface area contributed by atoms with Gasteiger partial charge in [0.25, 0.3) is 0 Å². The number of hydrogen-bond donors (Lipinski definition) is 4. The predicted molar refractivity (Wildman–Crippen MR) is 90.1 cm³/mol. The molecule has 4 N–H and O–H groups in total. The van der Waals surface area contributed by atoms with E-state index >= 15 is 0 Å². The minimum absolute atomic E-state index is 0.00279. The van der Waals surface area contributed by atoms with Crippen molar-refractivity contribution in [2.75, 3.05) is 11.9 Å². The summed E-state index contributed by atoms with van der Waals surface area (Å²) in [5, 5.41) is 17.6. The van der Waals surface area contributed by atoms with Crippen molar-refractivity contribution in [1.82, 2.24) is 15.6 Å². The Morgan fingerprint density at radius 3 is 2.48 bits per heavy atom. The summed E-state index contributed by atoms with van der Waals surface area (Å²) in [6.45, 7) is 1.63. The van der Waals surface area contributed by atoms with Crippen LogP contribution in [0.4, 0.5) is 15.0 Å². The van der Waals surface area contributed by atoms with E-state index in [1.807, 2.05) is 0 Å². The number of anilines is 1. The van der Waals surface area contributed by atoms with Gasteiger partial charge in [0.1, 0.15) is 11.6 Å². The molecule has 1 atom stereocenters. The van der Waals surface area contributed by atoms with E-state index in [9.17, 15) is 19.1 Å². The normalized spacial score (nSPS) is 11.5. The zero-order valence-corrected chi connectivity index (χ0v) is 13.6. The average Bonchev–Trinajstić information content (AvgIpc) is 2.59. The lowest BCUT2D eigenvalue weighted by Gasteiger charge is -2.13. The highest BCUT2D eigenvalue weighted by atomic mass is 19.1. The van der Waals surface area contributed by atoms with E-state index in [1.165, 1.54) is 31.2 Å². The minimum atomic E-state index is -0.926.